The Balaban J connectivity index is 3.11. The quantitative estimate of drug-likeness (QED) is 0.487. The van der Waals surface area contributed by atoms with E-state index >= 15 is 0 Å². The summed E-state index contributed by atoms with van der Waals surface area (Å²) in [5, 5.41) is 16.1. The first kappa shape index (κ1) is 18.4. The summed E-state index contributed by atoms with van der Waals surface area (Å²) in [4.78, 5) is 23.6. The Kier molecular flexibility index (Phi) is 6.51. The lowest BCUT2D eigenvalue weighted by atomic mass is 10.1. The van der Waals surface area contributed by atoms with Gasteiger partial charge in [0.15, 0.2) is 0 Å². The molecule has 0 aliphatic heterocycles. The van der Waals surface area contributed by atoms with Gasteiger partial charge in [0.1, 0.15) is 18.2 Å². The maximum absolute atomic E-state index is 12.0. The third kappa shape index (κ3) is 4.95. The number of nitrogens with one attached hydrogen (secondary N) is 1. The predicted molar refractivity (Wildman–Crippen MR) is 85.2 cm³/mol. The lowest BCUT2D eigenvalue weighted by Gasteiger charge is -2.07. The van der Waals surface area contributed by atoms with E-state index in [1.54, 1.807) is 20.8 Å². The van der Waals surface area contributed by atoms with E-state index in [1.165, 1.54) is 10.8 Å². The molecule has 7 nitrogen and oxygen atoms in total. The van der Waals surface area contributed by atoms with Gasteiger partial charge in [0.05, 0.1) is 12.3 Å². The van der Waals surface area contributed by atoms with Crippen LogP contribution in [0.25, 0.3) is 6.08 Å². The zero-order chi connectivity index (χ0) is 17.6. The summed E-state index contributed by atoms with van der Waals surface area (Å²) >= 11 is 0. The summed E-state index contributed by atoms with van der Waals surface area (Å²) in [6.07, 6.45) is 1.50. The van der Waals surface area contributed by atoms with E-state index in [0.29, 0.717) is 23.6 Å². The van der Waals surface area contributed by atoms with Crippen LogP contribution in [0.3, 0.4) is 0 Å². The van der Waals surface area contributed by atoms with Crippen molar-refractivity contribution in [3.05, 3.63) is 22.5 Å². The van der Waals surface area contributed by atoms with Crippen LogP contribution in [-0.2, 0) is 20.9 Å². The van der Waals surface area contributed by atoms with E-state index in [2.05, 4.69) is 10.4 Å². The first-order valence-corrected chi connectivity index (χ1v) is 7.42. The molecule has 0 unspecified atom stereocenters. The minimum absolute atomic E-state index is 0.000541. The first-order valence-electron chi connectivity index (χ1n) is 7.42. The van der Waals surface area contributed by atoms with E-state index in [0.717, 1.165) is 0 Å². The Hall–Kier alpha value is -2.62. The average Bonchev–Trinajstić information content (AvgIpc) is 2.70. The molecule has 0 radical (unpaired) electrons. The van der Waals surface area contributed by atoms with Gasteiger partial charge in [-0.25, -0.2) is 0 Å². The van der Waals surface area contributed by atoms with Crippen LogP contribution < -0.4 is 5.32 Å². The molecule has 0 aromatic carbocycles. The Bertz CT molecular complexity index is 666. The number of hydrogen-bond donors (Lipinski definition) is 1. The molecule has 23 heavy (non-hydrogen) atoms. The fourth-order valence-electron chi connectivity index (χ4n) is 2.04. The second kappa shape index (κ2) is 8.13. The van der Waals surface area contributed by atoms with Crippen LogP contribution >= 0.6 is 0 Å². The zero-order valence-corrected chi connectivity index (χ0v) is 14.1. The highest BCUT2D eigenvalue weighted by molar-refractivity contribution is 6.02. The molecular formula is C16H22N4O3. The lowest BCUT2D eigenvalue weighted by molar-refractivity contribution is -0.144. The summed E-state index contributed by atoms with van der Waals surface area (Å²) in [5.41, 5.74) is 1.99. The molecule has 0 fully saturated rings. The van der Waals surface area contributed by atoms with Gasteiger partial charge in [-0.1, -0.05) is 0 Å². The molecule has 0 aliphatic rings. The van der Waals surface area contributed by atoms with Gasteiger partial charge in [-0.05, 0) is 40.7 Å². The molecule has 0 bridgehead atoms. The Labute approximate surface area is 135 Å². The van der Waals surface area contributed by atoms with Crippen molar-refractivity contribution in [1.29, 1.82) is 5.26 Å². The topological polar surface area (TPSA) is 97.0 Å². The number of aryl methyl sites for hydroxylation is 1. The minimum Gasteiger partial charge on any atom is -0.465 e. The summed E-state index contributed by atoms with van der Waals surface area (Å²) < 4.78 is 6.41. The molecule has 7 heteroatoms. The molecule has 0 spiro atoms. The number of nitrogens with zero attached hydrogens (tertiary/aromatic N) is 3. The predicted octanol–water partition coefficient (Wildman–Crippen LogP) is 1.49. The van der Waals surface area contributed by atoms with E-state index in [4.69, 9.17) is 4.74 Å². The van der Waals surface area contributed by atoms with Crippen LogP contribution in [0, 0.1) is 25.2 Å². The van der Waals surface area contributed by atoms with Gasteiger partial charge in [0, 0.05) is 17.3 Å². The molecule has 0 aliphatic carbocycles. The number of amides is 1. The van der Waals surface area contributed by atoms with Crippen molar-refractivity contribution in [2.24, 2.45) is 0 Å². The number of rotatable bonds is 6. The molecule has 0 saturated heterocycles. The number of esters is 1. The highest BCUT2D eigenvalue weighted by Crippen LogP contribution is 2.17. The standard InChI is InChI=1S/C16H22N4O3/c1-6-23-15(21)9-20-12(5)14(11(4)19-20)7-13(8-17)16(22)18-10(2)3/h7,10H,6,9H2,1-5H3,(H,18,22). The lowest BCUT2D eigenvalue weighted by Crippen LogP contribution is -2.30. The van der Waals surface area contributed by atoms with Crippen molar-refractivity contribution >= 4 is 18.0 Å². The van der Waals surface area contributed by atoms with Crippen LogP contribution in [-0.4, -0.2) is 34.3 Å². The molecule has 1 amide bonds. The van der Waals surface area contributed by atoms with E-state index in [9.17, 15) is 14.9 Å². The van der Waals surface area contributed by atoms with E-state index < -0.39 is 5.91 Å². The van der Waals surface area contributed by atoms with Crippen LogP contribution in [0.2, 0.25) is 0 Å². The number of carbonyl (C=O) groups is 2. The molecule has 0 saturated carbocycles. The molecule has 1 rings (SSSR count). The van der Waals surface area contributed by atoms with Gasteiger partial charge < -0.3 is 10.1 Å². The van der Waals surface area contributed by atoms with Gasteiger partial charge in [-0.2, -0.15) is 10.4 Å². The van der Waals surface area contributed by atoms with Crippen molar-refractivity contribution in [1.82, 2.24) is 15.1 Å². The van der Waals surface area contributed by atoms with Gasteiger partial charge >= 0.3 is 5.97 Å². The van der Waals surface area contributed by atoms with Gasteiger partial charge in [-0.3, -0.25) is 14.3 Å². The van der Waals surface area contributed by atoms with Crippen molar-refractivity contribution in [3.63, 3.8) is 0 Å². The molecular weight excluding hydrogens is 296 g/mol. The molecule has 1 aromatic heterocycles. The Morgan fingerprint density at radius 1 is 1.43 bits per heavy atom. The first-order chi connectivity index (χ1) is 10.8. The fraction of sp³-hybridized carbons (Fsp3) is 0.500. The Morgan fingerprint density at radius 3 is 2.61 bits per heavy atom. The van der Waals surface area contributed by atoms with Gasteiger partial charge in [-0.15, -0.1) is 0 Å². The van der Waals surface area contributed by atoms with Crippen molar-refractivity contribution in [2.75, 3.05) is 6.61 Å². The number of hydrogen-bond acceptors (Lipinski definition) is 5. The van der Waals surface area contributed by atoms with E-state index in [1.807, 2.05) is 19.9 Å². The maximum Gasteiger partial charge on any atom is 0.327 e. The summed E-state index contributed by atoms with van der Waals surface area (Å²) in [6.45, 7) is 9.21. The summed E-state index contributed by atoms with van der Waals surface area (Å²) in [5.74, 6) is -0.814. The second-order valence-corrected chi connectivity index (χ2v) is 5.35. The van der Waals surface area contributed by atoms with E-state index in [-0.39, 0.29) is 24.1 Å². The Morgan fingerprint density at radius 2 is 2.09 bits per heavy atom. The average molecular weight is 318 g/mol. The molecule has 124 valence electrons. The van der Waals surface area contributed by atoms with Crippen LogP contribution in [0.4, 0.5) is 0 Å². The van der Waals surface area contributed by atoms with Crippen molar-refractivity contribution in [2.45, 2.75) is 47.2 Å². The summed E-state index contributed by atoms with van der Waals surface area (Å²) in [6, 6.07) is 1.84. The van der Waals surface area contributed by atoms with Gasteiger partial charge in [0.25, 0.3) is 5.91 Å². The number of carbonyl (C=O) groups excluding carboxylic acids is 2. The largest absolute Gasteiger partial charge is 0.465 e. The maximum atomic E-state index is 12.0. The summed E-state index contributed by atoms with van der Waals surface area (Å²) in [7, 11) is 0. The zero-order valence-electron chi connectivity index (χ0n) is 14.1. The number of nitriles is 1. The highest BCUT2D eigenvalue weighted by Gasteiger charge is 2.16. The highest BCUT2D eigenvalue weighted by atomic mass is 16.5. The number of ether oxygens (including phenoxy) is 1. The second-order valence-electron chi connectivity index (χ2n) is 5.35. The van der Waals surface area contributed by atoms with Crippen molar-refractivity contribution < 1.29 is 14.3 Å². The van der Waals surface area contributed by atoms with Crippen LogP contribution in [0.15, 0.2) is 5.57 Å². The molecule has 0 atom stereocenters. The fourth-order valence-corrected chi connectivity index (χ4v) is 2.04. The molecule has 1 heterocycles. The number of aromatic nitrogens is 2. The molecule has 1 N–H and O–H groups in total. The SMILES string of the molecule is CCOC(=O)Cn1nc(C)c(C=C(C#N)C(=O)NC(C)C)c1C. The smallest absolute Gasteiger partial charge is 0.327 e. The van der Waals surface area contributed by atoms with Gasteiger partial charge in [0.2, 0.25) is 0 Å². The molecule has 1 aromatic rings. The van der Waals surface area contributed by atoms with Crippen LogP contribution in [0.5, 0.6) is 0 Å². The third-order valence-electron chi connectivity index (χ3n) is 3.10. The minimum atomic E-state index is -0.431. The van der Waals surface area contributed by atoms with Crippen molar-refractivity contribution in [3.8, 4) is 6.07 Å². The van der Waals surface area contributed by atoms with Crippen LogP contribution in [0.1, 0.15) is 37.7 Å². The monoisotopic (exact) mass is 318 g/mol. The normalized spacial score (nSPS) is 11.3. The third-order valence-corrected chi connectivity index (χ3v) is 3.10.